The molecule has 0 radical (unpaired) electrons. The summed E-state index contributed by atoms with van der Waals surface area (Å²) in [6.07, 6.45) is 1.95. The third-order valence-corrected chi connectivity index (χ3v) is 5.35. The predicted octanol–water partition coefficient (Wildman–Crippen LogP) is 2.91. The first-order valence-corrected chi connectivity index (χ1v) is 9.53. The van der Waals surface area contributed by atoms with Crippen LogP contribution in [0.3, 0.4) is 0 Å². The number of nitrogens with zero attached hydrogens (tertiary/aromatic N) is 1. The van der Waals surface area contributed by atoms with Crippen LogP contribution in [0, 0.1) is 5.82 Å². The van der Waals surface area contributed by atoms with Crippen molar-refractivity contribution < 1.29 is 12.8 Å². The van der Waals surface area contributed by atoms with Crippen molar-refractivity contribution in [2.24, 2.45) is 0 Å². The van der Waals surface area contributed by atoms with Gasteiger partial charge in [-0.25, -0.2) is 17.1 Å². The van der Waals surface area contributed by atoms with Crippen LogP contribution in [0.4, 0.5) is 4.39 Å². The molecule has 21 heavy (non-hydrogen) atoms. The molecule has 0 aromatic heterocycles. The van der Waals surface area contributed by atoms with Gasteiger partial charge in [0.05, 0.1) is 6.26 Å². The van der Waals surface area contributed by atoms with Gasteiger partial charge in [0.2, 0.25) is 10.0 Å². The second-order valence-corrected chi connectivity index (χ2v) is 7.79. The van der Waals surface area contributed by atoms with E-state index in [0.717, 1.165) is 16.5 Å². The van der Waals surface area contributed by atoms with Crippen molar-refractivity contribution in [2.45, 2.75) is 26.3 Å². The van der Waals surface area contributed by atoms with E-state index < -0.39 is 10.0 Å². The van der Waals surface area contributed by atoms with Gasteiger partial charge in [-0.2, -0.15) is 0 Å². The molecular weight excluding hydrogens is 359 g/mol. The van der Waals surface area contributed by atoms with Gasteiger partial charge in [0.15, 0.2) is 0 Å². The molecule has 1 atom stereocenters. The summed E-state index contributed by atoms with van der Waals surface area (Å²) in [5, 5.41) is 3.32. The molecule has 0 saturated carbocycles. The van der Waals surface area contributed by atoms with Crippen LogP contribution in [0.5, 0.6) is 0 Å². The van der Waals surface area contributed by atoms with Crippen LogP contribution in [0.2, 0.25) is 0 Å². The fourth-order valence-corrected chi connectivity index (χ4v) is 3.72. The Hall–Kier alpha value is -0.500. The van der Waals surface area contributed by atoms with E-state index >= 15 is 0 Å². The maximum Gasteiger partial charge on any atom is 0.211 e. The Kier molecular flexibility index (Phi) is 7.26. The van der Waals surface area contributed by atoms with Gasteiger partial charge in [0.1, 0.15) is 5.82 Å². The molecule has 0 bridgehead atoms. The second-order valence-electron chi connectivity index (χ2n) is 4.95. The zero-order valence-electron chi connectivity index (χ0n) is 12.6. The summed E-state index contributed by atoms with van der Waals surface area (Å²) < 4.78 is 38.1. The van der Waals surface area contributed by atoms with E-state index in [1.165, 1.54) is 22.7 Å². The SMILES string of the molecule is CCN(CCCNC(C)c1ccc(F)cc1Br)S(C)(=O)=O. The van der Waals surface area contributed by atoms with Gasteiger partial charge in [0.25, 0.3) is 0 Å². The number of hydrogen-bond donors (Lipinski definition) is 1. The predicted molar refractivity (Wildman–Crippen MR) is 87.2 cm³/mol. The lowest BCUT2D eigenvalue weighted by Crippen LogP contribution is -2.32. The molecule has 0 heterocycles. The monoisotopic (exact) mass is 380 g/mol. The Morgan fingerprint density at radius 2 is 2.10 bits per heavy atom. The summed E-state index contributed by atoms with van der Waals surface area (Å²) in [7, 11) is -3.12. The maximum absolute atomic E-state index is 13.0. The van der Waals surface area contributed by atoms with Crippen molar-refractivity contribution in [2.75, 3.05) is 25.9 Å². The van der Waals surface area contributed by atoms with Crippen LogP contribution in [0.1, 0.15) is 31.9 Å². The minimum Gasteiger partial charge on any atom is -0.310 e. The standard InChI is InChI=1S/C14H22BrFN2O2S/c1-4-18(21(3,19)20)9-5-8-17-11(2)13-7-6-12(16)10-14(13)15/h6-7,10-11,17H,4-5,8-9H2,1-3H3. The van der Waals surface area contributed by atoms with Crippen molar-refractivity contribution in [3.8, 4) is 0 Å². The molecule has 0 aliphatic carbocycles. The Labute approximate surface area is 134 Å². The summed E-state index contributed by atoms with van der Waals surface area (Å²) in [5.74, 6) is -0.274. The Balaban J connectivity index is 2.45. The molecule has 0 spiro atoms. The molecule has 0 saturated heterocycles. The minimum absolute atomic E-state index is 0.0632. The molecule has 7 heteroatoms. The van der Waals surface area contributed by atoms with Gasteiger partial charge >= 0.3 is 0 Å². The molecule has 1 aromatic rings. The third kappa shape index (κ3) is 6.02. The average Bonchev–Trinajstić information content (AvgIpc) is 2.36. The van der Waals surface area contributed by atoms with Crippen LogP contribution in [-0.4, -0.2) is 38.6 Å². The molecular formula is C14H22BrFN2O2S. The van der Waals surface area contributed by atoms with Crippen molar-refractivity contribution in [1.82, 2.24) is 9.62 Å². The quantitative estimate of drug-likeness (QED) is 0.705. The summed E-state index contributed by atoms with van der Waals surface area (Å²) >= 11 is 3.35. The van der Waals surface area contributed by atoms with Crippen LogP contribution in [0.25, 0.3) is 0 Å². The summed E-state index contributed by atoms with van der Waals surface area (Å²) in [6.45, 7) is 5.49. The zero-order chi connectivity index (χ0) is 16.0. The topological polar surface area (TPSA) is 49.4 Å². The first kappa shape index (κ1) is 18.5. The lowest BCUT2D eigenvalue weighted by Gasteiger charge is -2.19. The summed E-state index contributed by atoms with van der Waals surface area (Å²) in [6, 6.07) is 4.68. The highest BCUT2D eigenvalue weighted by Gasteiger charge is 2.14. The highest BCUT2D eigenvalue weighted by Crippen LogP contribution is 2.24. The summed E-state index contributed by atoms with van der Waals surface area (Å²) in [4.78, 5) is 0. The molecule has 1 N–H and O–H groups in total. The Morgan fingerprint density at radius 1 is 1.43 bits per heavy atom. The highest BCUT2D eigenvalue weighted by molar-refractivity contribution is 9.10. The number of nitrogens with one attached hydrogen (secondary N) is 1. The van der Waals surface area contributed by atoms with E-state index in [0.29, 0.717) is 19.6 Å². The molecule has 1 rings (SSSR count). The van der Waals surface area contributed by atoms with Crippen molar-refractivity contribution in [3.63, 3.8) is 0 Å². The Morgan fingerprint density at radius 3 is 2.62 bits per heavy atom. The van der Waals surface area contributed by atoms with Crippen molar-refractivity contribution in [1.29, 1.82) is 0 Å². The van der Waals surface area contributed by atoms with Crippen molar-refractivity contribution in [3.05, 3.63) is 34.1 Å². The van der Waals surface area contributed by atoms with E-state index in [4.69, 9.17) is 0 Å². The lowest BCUT2D eigenvalue weighted by atomic mass is 10.1. The normalized spacial score (nSPS) is 13.6. The van der Waals surface area contributed by atoms with Gasteiger partial charge < -0.3 is 5.32 Å². The summed E-state index contributed by atoms with van der Waals surface area (Å²) in [5.41, 5.74) is 0.979. The van der Waals surface area contributed by atoms with Gasteiger partial charge in [-0.1, -0.05) is 28.9 Å². The van der Waals surface area contributed by atoms with Gasteiger partial charge in [-0.3, -0.25) is 0 Å². The molecule has 1 aromatic carbocycles. The molecule has 0 aliphatic rings. The number of rotatable bonds is 8. The molecule has 120 valence electrons. The largest absolute Gasteiger partial charge is 0.310 e. The molecule has 0 amide bonds. The first-order chi connectivity index (χ1) is 9.75. The van der Waals surface area contributed by atoms with E-state index in [-0.39, 0.29) is 11.9 Å². The molecule has 4 nitrogen and oxygen atoms in total. The van der Waals surface area contributed by atoms with Gasteiger partial charge in [-0.05, 0) is 37.6 Å². The first-order valence-electron chi connectivity index (χ1n) is 6.89. The number of benzene rings is 1. The maximum atomic E-state index is 13.0. The zero-order valence-corrected chi connectivity index (χ0v) is 15.0. The van der Waals surface area contributed by atoms with Crippen LogP contribution < -0.4 is 5.32 Å². The molecule has 1 unspecified atom stereocenters. The lowest BCUT2D eigenvalue weighted by molar-refractivity contribution is 0.413. The second kappa shape index (κ2) is 8.22. The van der Waals surface area contributed by atoms with E-state index in [2.05, 4.69) is 21.2 Å². The Bertz CT molecular complexity index is 566. The van der Waals surface area contributed by atoms with Crippen LogP contribution in [-0.2, 0) is 10.0 Å². The van der Waals surface area contributed by atoms with E-state index in [1.54, 1.807) is 6.07 Å². The third-order valence-electron chi connectivity index (χ3n) is 3.29. The van der Waals surface area contributed by atoms with E-state index in [9.17, 15) is 12.8 Å². The molecule has 0 aliphatic heterocycles. The highest BCUT2D eigenvalue weighted by atomic mass is 79.9. The number of halogens is 2. The van der Waals surface area contributed by atoms with Crippen LogP contribution in [0.15, 0.2) is 22.7 Å². The van der Waals surface area contributed by atoms with Gasteiger partial charge in [-0.15, -0.1) is 0 Å². The number of hydrogen-bond acceptors (Lipinski definition) is 3. The molecule has 0 fully saturated rings. The fourth-order valence-electron chi connectivity index (χ4n) is 2.10. The smallest absolute Gasteiger partial charge is 0.211 e. The van der Waals surface area contributed by atoms with Crippen LogP contribution >= 0.6 is 15.9 Å². The van der Waals surface area contributed by atoms with E-state index in [1.807, 2.05) is 13.8 Å². The fraction of sp³-hybridized carbons (Fsp3) is 0.571. The van der Waals surface area contributed by atoms with Crippen molar-refractivity contribution >= 4 is 26.0 Å². The minimum atomic E-state index is -3.12. The number of sulfonamides is 1. The van der Waals surface area contributed by atoms with Gasteiger partial charge in [0, 0.05) is 23.6 Å². The average molecular weight is 381 g/mol.